The number of unbranched alkanes of at least 4 members (excludes halogenated alkanes) is 2. The van der Waals surface area contributed by atoms with E-state index in [4.69, 9.17) is 4.42 Å². The highest BCUT2D eigenvalue weighted by Crippen LogP contribution is 2.32. The molecule has 186 valence electrons. The van der Waals surface area contributed by atoms with Crippen LogP contribution in [0.2, 0.25) is 0 Å². The molecule has 0 saturated heterocycles. The Bertz CT molecular complexity index is 1020. The summed E-state index contributed by atoms with van der Waals surface area (Å²) >= 11 is 1.65. The summed E-state index contributed by atoms with van der Waals surface area (Å²) < 4.78 is 5.78. The van der Waals surface area contributed by atoms with Crippen LogP contribution in [0.3, 0.4) is 0 Å². The number of amides is 1. The Balaban J connectivity index is 0.00000129. The Kier molecular flexibility index (Phi) is 11.6. The lowest BCUT2D eigenvalue weighted by atomic mass is 9.92. The molecular formula is C28H41N3O2S. The molecule has 3 aromatic rings. The molecule has 3 rings (SSSR count). The van der Waals surface area contributed by atoms with Crippen LogP contribution in [-0.2, 0) is 4.79 Å². The first kappa shape index (κ1) is 27.9. The largest absolute Gasteiger partial charge is 0.431 e. The second-order valence-electron chi connectivity index (χ2n) is 9.28. The first-order valence-electron chi connectivity index (χ1n) is 12.3. The number of para-hydroxylation sites is 1. The third kappa shape index (κ3) is 8.48. The van der Waals surface area contributed by atoms with Crippen LogP contribution in [0.4, 0.5) is 5.69 Å². The van der Waals surface area contributed by atoms with Gasteiger partial charge in [-0.25, -0.2) is 4.98 Å². The van der Waals surface area contributed by atoms with Crippen molar-refractivity contribution in [1.29, 1.82) is 0 Å². The van der Waals surface area contributed by atoms with Gasteiger partial charge in [0.1, 0.15) is 5.52 Å². The molecule has 0 unspecified atom stereocenters. The van der Waals surface area contributed by atoms with Gasteiger partial charge in [0.15, 0.2) is 5.58 Å². The van der Waals surface area contributed by atoms with Crippen LogP contribution >= 0.6 is 11.8 Å². The molecule has 0 spiro atoms. The molecule has 0 fully saturated rings. The summed E-state index contributed by atoms with van der Waals surface area (Å²) in [7, 11) is 3.75. The van der Waals surface area contributed by atoms with Gasteiger partial charge in [-0.15, -0.1) is 0 Å². The van der Waals surface area contributed by atoms with Crippen LogP contribution < -0.4 is 10.6 Å². The van der Waals surface area contributed by atoms with E-state index in [0.29, 0.717) is 18.3 Å². The second-order valence-corrected chi connectivity index (χ2v) is 10.3. The molecule has 0 aliphatic rings. The highest BCUT2D eigenvalue weighted by molar-refractivity contribution is 7.99. The number of carbonyl (C=O) groups is 1. The van der Waals surface area contributed by atoms with E-state index in [9.17, 15) is 4.79 Å². The first-order chi connectivity index (χ1) is 16.3. The van der Waals surface area contributed by atoms with Crippen molar-refractivity contribution in [1.82, 2.24) is 10.3 Å². The van der Waals surface area contributed by atoms with E-state index in [-0.39, 0.29) is 5.91 Å². The van der Waals surface area contributed by atoms with Gasteiger partial charge in [0, 0.05) is 17.9 Å². The molecule has 0 aliphatic heterocycles. The van der Waals surface area contributed by atoms with Crippen LogP contribution in [0.1, 0.15) is 81.9 Å². The highest BCUT2D eigenvalue weighted by Gasteiger charge is 2.15. The maximum absolute atomic E-state index is 12.6. The summed E-state index contributed by atoms with van der Waals surface area (Å²) in [6.07, 6.45) is 3.49. The van der Waals surface area contributed by atoms with Crippen molar-refractivity contribution >= 4 is 34.5 Å². The standard InChI is InChI=1S/C26H34N2O2S.C2H7N/c1-17(2)20-10-9-11-21(18(3)4)25(20)28-24(29)12-7-6-8-15-31-26-27-22-16-19(5)13-14-23(22)30-26;1-3-2/h9-11,13-14,16-18H,6-8,12,15H2,1-5H3,(H,28,29);3H,1-2H3. The van der Waals surface area contributed by atoms with Gasteiger partial charge in [-0.3, -0.25) is 4.79 Å². The molecule has 0 bridgehead atoms. The lowest BCUT2D eigenvalue weighted by Gasteiger charge is -2.20. The number of rotatable bonds is 10. The predicted molar refractivity (Wildman–Crippen MR) is 146 cm³/mol. The molecular weight excluding hydrogens is 442 g/mol. The lowest BCUT2D eigenvalue weighted by Crippen LogP contribution is -2.15. The van der Waals surface area contributed by atoms with E-state index in [0.717, 1.165) is 47.0 Å². The Morgan fingerprint density at radius 3 is 2.26 bits per heavy atom. The number of carbonyl (C=O) groups excluding carboxylic acids is 1. The number of anilines is 1. The maximum atomic E-state index is 12.6. The van der Waals surface area contributed by atoms with Crippen molar-refractivity contribution in [2.75, 3.05) is 25.2 Å². The first-order valence-corrected chi connectivity index (χ1v) is 13.3. The van der Waals surface area contributed by atoms with Gasteiger partial charge in [0.25, 0.3) is 5.22 Å². The smallest absolute Gasteiger partial charge is 0.256 e. The molecule has 1 aromatic heterocycles. The van der Waals surface area contributed by atoms with Crippen molar-refractivity contribution in [3.05, 3.63) is 53.1 Å². The molecule has 0 saturated carbocycles. The maximum Gasteiger partial charge on any atom is 0.256 e. The monoisotopic (exact) mass is 483 g/mol. The zero-order valence-corrected chi connectivity index (χ0v) is 22.6. The molecule has 2 aromatic carbocycles. The zero-order chi connectivity index (χ0) is 25.1. The van der Waals surface area contributed by atoms with Gasteiger partial charge in [-0.05, 0) is 74.5 Å². The van der Waals surface area contributed by atoms with Gasteiger partial charge >= 0.3 is 0 Å². The van der Waals surface area contributed by atoms with Gasteiger partial charge < -0.3 is 15.1 Å². The van der Waals surface area contributed by atoms with Crippen LogP contribution in [0.25, 0.3) is 11.1 Å². The minimum atomic E-state index is 0.108. The van der Waals surface area contributed by atoms with Crippen molar-refractivity contribution < 1.29 is 9.21 Å². The fourth-order valence-electron chi connectivity index (χ4n) is 3.70. The zero-order valence-electron chi connectivity index (χ0n) is 21.8. The van der Waals surface area contributed by atoms with Gasteiger partial charge in [0.2, 0.25) is 5.91 Å². The molecule has 6 heteroatoms. The number of benzene rings is 2. The molecule has 0 atom stereocenters. The van der Waals surface area contributed by atoms with Gasteiger partial charge in [-0.2, -0.15) is 0 Å². The molecule has 1 amide bonds. The van der Waals surface area contributed by atoms with E-state index in [2.05, 4.69) is 68.4 Å². The van der Waals surface area contributed by atoms with Crippen molar-refractivity contribution in [2.24, 2.45) is 0 Å². The number of nitrogens with zero attached hydrogens (tertiary/aromatic N) is 1. The number of oxazole rings is 1. The quantitative estimate of drug-likeness (QED) is 0.231. The number of aryl methyl sites for hydroxylation is 1. The van der Waals surface area contributed by atoms with Gasteiger partial charge in [0.05, 0.1) is 0 Å². The van der Waals surface area contributed by atoms with E-state index in [1.54, 1.807) is 11.8 Å². The Labute approximate surface area is 209 Å². The van der Waals surface area contributed by atoms with Crippen molar-refractivity contribution in [2.45, 2.75) is 77.4 Å². The summed E-state index contributed by atoms with van der Waals surface area (Å²) in [5, 5.41) is 6.69. The summed E-state index contributed by atoms with van der Waals surface area (Å²) in [5.41, 5.74) is 6.38. The molecule has 1 heterocycles. The minimum absolute atomic E-state index is 0.108. The average Bonchev–Trinajstić information content (AvgIpc) is 3.18. The Morgan fingerprint density at radius 1 is 1.00 bits per heavy atom. The highest BCUT2D eigenvalue weighted by atomic mass is 32.2. The SMILES string of the molecule is CNC.Cc1ccc2oc(SCCCCCC(=O)Nc3c(C(C)C)cccc3C(C)C)nc2c1. The molecule has 5 nitrogen and oxygen atoms in total. The third-order valence-electron chi connectivity index (χ3n) is 5.43. The molecule has 0 radical (unpaired) electrons. The van der Waals surface area contributed by atoms with Crippen LogP contribution in [-0.4, -0.2) is 30.7 Å². The third-order valence-corrected chi connectivity index (χ3v) is 6.35. The average molecular weight is 484 g/mol. The lowest BCUT2D eigenvalue weighted by molar-refractivity contribution is -0.116. The number of hydrogen-bond acceptors (Lipinski definition) is 5. The van der Waals surface area contributed by atoms with Crippen molar-refractivity contribution in [3.8, 4) is 0 Å². The van der Waals surface area contributed by atoms with E-state index in [1.807, 2.05) is 32.3 Å². The normalized spacial score (nSPS) is 11.1. The molecule has 2 N–H and O–H groups in total. The van der Waals surface area contributed by atoms with E-state index in [1.165, 1.54) is 16.7 Å². The fraction of sp³-hybridized carbons (Fsp3) is 0.500. The van der Waals surface area contributed by atoms with Gasteiger partial charge in [-0.1, -0.05) is 70.1 Å². The summed E-state index contributed by atoms with van der Waals surface area (Å²) in [4.78, 5) is 17.1. The number of thioether (sulfide) groups is 1. The molecule has 0 aliphatic carbocycles. The van der Waals surface area contributed by atoms with Crippen LogP contribution in [0, 0.1) is 6.92 Å². The molecule has 34 heavy (non-hydrogen) atoms. The number of aromatic nitrogens is 1. The minimum Gasteiger partial charge on any atom is -0.431 e. The Morgan fingerprint density at radius 2 is 1.65 bits per heavy atom. The number of fused-ring (bicyclic) bond motifs is 1. The predicted octanol–water partition coefficient (Wildman–Crippen LogP) is 7.51. The van der Waals surface area contributed by atoms with Crippen molar-refractivity contribution in [3.63, 3.8) is 0 Å². The van der Waals surface area contributed by atoms with E-state index >= 15 is 0 Å². The summed E-state index contributed by atoms with van der Waals surface area (Å²) in [6, 6.07) is 12.4. The number of nitrogens with one attached hydrogen (secondary N) is 2. The second kappa shape index (κ2) is 14.2. The number of hydrogen-bond donors (Lipinski definition) is 2. The summed E-state index contributed by atoms with van der Waals surface area (Å²) in [6.45, 7) is 10.7. The van der Waals surface area contributed by atoms with Crippen LogP contribution in [0.15, 0.2) is 46.0 Å². The topological polar surface area (TPSA) is 67.2 Å². The fourth-order valence-corrected chi connectivity index (χ4v) is 4.53. The van der Waals surface area contributed by atoms with E-state index < -0.39 is 0 Å². The summed E-state index contributed by atoms with van der Waals surface area (Å²) in [5.74, 6) is 1.81. The van der Waals surface area contributed by atoms with Crippen LogP contribution in [0.5, 0.6) is 0 Å². The Hall–Kier alpha value is -2.31.